The van der Waals surface area contributed by atoms with E-state index in [9.17, 15) is 14.4 Å². The molecule has 5 heteroatoms. The molecule has 3 fully saturated rings. The Morgan fingerprint density at radius 2 is 1.67 bits per heavy atom. The third kappa shape index (κ3) is 1.44. The summed E-state index contributed by atoms with van der Waals surface area (Å²) in [5, 5.41) is 0. The van der Waals surface area contributed by atoms with Gasteiger partial charge in [-0.2, -0.15) is 0 Å². The van der Waals surface area contributed by atoms with Crippen molar-refractivity contribution in [3.05, 3.63) is 42.0 Å². The van der Waals surface area contributed by atoms with Gasteiger partial charge in [-0.25, -0.2) is 9.69 Å². The molecule has 5 nitrogen and oxygen atoms in total. The summed E-state index contributed by atoms with van der Waals surface area (Å²) in [6, 6.07) is 6.66. The fourth-order valence-electron chi connectivity index (χ4n) is 5.27. The van der Waals surface area contributed by atoms with E-state index in [0.29, 0.717) is 5.69 Å². The molecule has 1 heterocycles. The number of methoxy groups -OCH3 is 1. The fraction of sp³-hybridized carbons (Fsp3) is 0.421. The summed E-state index contributed by atoms with van der Waals surface area (Å²) in [6.07, 6.45) is 6.50. The Balaban J connectivity index is 1.58. The van der Waals surface area contributed by atoms with Gasteiger partial charge in [0.05, 0.1) is 30.2 Å². The van der Waals surface area contributed by atoms with Gasteiger partial charge >= 0.3 is 5.97 Å². The van der Waals surface area contributed by atoms with E-state index in [4.69, 9.17) is 4.74 Å². The number of esters is 1. The summed E-state index contributed by atoms with van der Waals surface area (Å²) in [5.74, 6) is -1.03. The minimum atomic E-state index is -0.539. The maximum atomic E-state index is 13.1. The van der Waals surface area contributed by atoms with Crippen LogP contribution in [0.1, 0.15) is 23.2 Å². The molecule has 1 spiro atoms. The number of ether oxygens (including phenoxy) is 1. The highest BCUT2D eigenvalue weighted by Crippen LogP contribution is 2.73. The summed E-state index contributed by atoms with van der Waals surface area (Å²) in [7, 11) is 1.29. The molecular formula is C19H17NO4. The molecular weight excluding hydrogens is 306 g/mol. The molecule has 2 bridgehead atoms. The van der Waals surface area contributed by atoms with Crippen LogP contribution < -0.4 is 4.90 Å². The highest BCUT2D eigenvalue weighted by Gasteiger charge is 2.73. The SMILES string of the molecule is COC(=O)c1ccccc1N1C(=O)[C@@H]2[C@H](C1=O)[C@H]1C=C[C@@H]2C12CC2. The monoisotopic (exact) mass is 323 g/mol. The number of imide groups is 1. The first-order valence-electron chi connectivity index (χ1n) is 8.33. The smallest absolute Gasteiger partial charge is 0.339 e. The van der Waals surface area contributed by atoms with Crippen LogP contribution >= 0.6 is 0 Å². The Bertz CT molecular complexity index is 788. The number of benzene rings is 1. The maximum absolute atomic E-state index is 13.1. The molecule has 0 N–H and O–H groups in total. The molecule has 1 aliphatic heterocycles. The second-order valence-corrected chi connectivity index (χ2v) is 7.24. The highest BCUT2D eigenvalue weighted by atomic mass is 16.5. The zero-order valence-electron chi connectivity index (χ0n) is 13.3. The number of rotatable bonds is 2. The minimum absolute atomic E-state index is 0.163. The van der Waals surface area contributed by atoms with Crippen molar-refractivity contribution in [1.82, 2.24) is 0 Å². The number of hydrogen-bond donors (Lipinski definition) is 0. The lowest BCUT2D eigenvalue weighted by atomic mass is 9.85. The first-order valence-corrected chi connectivity index (χ1v) is 8.33. The van der Waals surface area contributed by atoms with Crippen LogP contribution in [0.3, 0.4) is 0 Å². The predicted octanol–water partition coefficient (Wildman–Crippen LogP) is 2.17. The Morgan fingerprint density at radius 3 is 2.21 bits per heavy atom. The zero-order chi connectivity index (χ0) is 16.6. The molecule has 2 amide bonds. The number of amides is 2. The van der Waals surface area contributed by atoms with Gasteiger partial charge in [0.15, 0.2) is 0 Å². The average molecular weight is 323 g/mol. The van der Waals surface area contributed by atoms with Gasteiger partial charge in [0.2, 0.25) is 11.8 Å². The normalized spacial score (nSPS) is 34.1. The Morgan fingerprint density at radius 1 is 1.08 bits per heavy atom. The second-order valence-electron chi connectivity index (χ2n) is 7.24. The average Bonchev–Trinajstić information content (AvgIpc) is 3.19. The van der Waals surface area contributed by atoms with E-state index in [1.807, 2.05) is 0 Å². The Labute approximate surface area is 139 Å². The number of hydrogen-bond acceptors (Lipinski definition) is 4. The predicted molar refractivity (Wildman–Crippen MR) is 85.0 cm³/mol. The van der Waals surface area contributed by atoms with Gasteiger partial charge in [-0.05, 0) is 42.2 Å². The highest BCUT2D eigenvalue weighted by molar-refractivity contribution is 6.24. The molecule has 0 aromatic heterocycles. The van der Waals surface area contributed by atoms with Gasteiger partial charge in [-0.1, -0.05) is 24.3 Å². The minimum Gasteiger partial charge on any atom is -0.465 e. The number of nitrogens with zero attached hydrogens (tertiary/aromatic N) is 1. The van der Waals surface area contributed by atoms with Crippen molar-refractivity contribution >= 4 is 23.5 Å². The Hall–Kier alpha value is -2.43. The van der Waals surface area contributed by atoms with Gasteiger partial charge in [-0.15, -0.1) is 0 Å². The lowest BCUT2D eigenvalue weighted by Crippen LogP contribution is -2.35. The first-order chi connectivity index (χ1) is 11.6. The number of allylic oxidation sites excluding steroid dienone is 2. The van der Waals surface area contributed by atoms with Crippen molar-refractivity contribution in [3.63, 3.8) is 0 Å². The van der Waals surface area contributed by atoms with Crippen molar-refractivity contribution in [2.24, 2.45) is 29.1 Å². The van der Waals surface area contributed by atoms with E-state index >= 15 is 0 Å². The fourth-order valence-corrected chi connectivity index (χ4v) is 5.27. The molecule has 0 radical (unpaired) electrons. The van der Waals surface area contributed by atoms with Crippen molar-refractivity contribution in [2.75, 3.05) is 12.0 Å². The summed E-state index contributed by atoms with van der Waals surface area (Å²) < 4.78 is 4.80. The lowest BCUT2D eigenvalue weighted by molar-refractivity contribution is -0.123. The van der Waals surface area contributed by atoms with E-state index in [1.54, 1.807) is 24.3 Å². The standard InChI is InChI=1S/C19H17NO4/c1-24-18(23)10-4-2-3-5-13(10)20-16(21)14-11-6-7-12(15(14)17(20)22)19(11)8-9-19/h2-7,11-12,14-15H,8-9H2,1H3/t11-,12+,14-,15+. The Kier molecular flexibility index (Phi) is 2.53. The third-order valence-electron chi connectivity index (χ3n) is 6.40. The second kappa shape index (κ2) is 4.35. The molecule has 122 valence electrons. The van der Waals surface area contributed by atoms with Crippen LogP contribution in [-0.2, 0) is 14.3 Å². The maximum Gasteiger partial charge on any atom is 0.339 e. The van der Waals surface area contributed by atoms with E-state index in [1.165, 1.54) is 12.0 Å². The number of carbonyl (C=O) groups is 3. The third-order valence-corrected chi connectivity index (χ3v) is 6.40. The van der Waals surface area contributed by atoms with Crippen LogP contribution in [-0.4, -0.2) is 24.9 Å². The van der Waals surface area contributed by atoms with Crippen LogP contribution in [0.25, 0.3) is 0 Å². The zero-order valence-corrected chi connectivity index (χ0v) is 13.3. The van der Waals surface area contributed by atoms with Gasteiger partial charge < -0.3 is 4.74 Å². The van der Waals surface area contributed by atoms with Crippen molar-refractivity contribution in [2.45, 2.75) is 12.8 Å². The van der Waals surface area contributed by atoms with E-state index < -0.39 is 5.97 Å². The van der Waals surface area contributed by atoms with Gasteiger partial charge in [0.1, 0.15) is 0 Å². The quantitative estimate of drug-likeness (QED) is 0.475. The van der Waals surface area contributed by atoms with Gasteiger partial charge in [0, 0.05) is 0 Å². The van der Waals surface area contributed by atoms with Crippen LogP contribution in [0.4, 0.5) is 5.69 Å². The first kappa shape index (κ1) is 14.0. The van der Waals surface area contributed by atoms with Crippen LogP contribution in [0.5, 0.6) is 0 Å². The van der Waals surface area contributed by atoms with E-state index in [0.717, 1.165) is 12.8 Å². The number of anilines is 1. The molecule has 3 aliphatic carbocycles. The van der Waals surface area contributed by atoms with Gasteiger partial charge in [-0.3, -0.25) is 9.59 Å². The molecule has 2 saturated carbocycles. The van der Waals surface area contributed by atoms with Crippen LogP contribution in [0, 0.1) is 29.1 Å². The summed E-state index contributed by atoms with van der Waals surface area (Å²) in [5.41, 5.74) is 0.773. The summed E-state index contributed by atoms with van der Waals surface area (Å²) in [6.45, 7) is 0. The largest absolute Gasteiger partial charge is 0.465 e. The molecule has 1 aromatic carbocycles. The van der Waals surface area contributed by atoms with Crippen molar-refractivity contribution in [1.29, 1.82) is 0 Å². The number of fused-ring (bicyclic) bond motifs is 3. The molecule has 4 atom stereocenters. The summed E-state index contributed by atoms with van der Waals surface area (Å²) in [4.78, 5) is 39.4. The van der Waals surface area contributed by atoms with E-state index in [-0.39, 0.29) is 46.5 Å². The molecule has 0 unspecified atom stereocenters. The summed E-state index contributed by atoms with van der Waals surface area (Å²) >= 11 is 0. The molecule has 5 rings (SSSR count). The van der Waals surface area contributed by atoms with E-state index in [2.05, 4.69) is 12.2 Å². The van der Waals surface area contributed by atoms with Crippen molar-refractivity contribution in [3.8, 4) is 0 Å². The van der Waals surface area contributed by atoms with Gasteiger partial charge in [0.25, 0.3) is 0 Å². The molecule has 24 heavy (non-hydrogen) atoms. The van der Waals surface area contributed by atoms with Crippen LogP contribution in [0.2, 0.25) is 0 Å². The topological polar surface area (TPSA) is 63.7 Å². The molecule has 1 aromatic rings. The lowest BCUT2D eigenvalue weighted by Gasteiger charge is -2.23. The molecule has 1 saturated heterocycles. The molecule has 4 aliphatic rings. The van der Waals surface area contributed by atoms with Crippen LogP contribution in [0.15, 0.2) is 36.4 Å². The van der Waals surface area contributed by atoms with Crippen molar-refractivity contribution < 1.29 is 19.1 Å². The number of para-hydroxylation sites is 1. The number of carbonyl (C=O) groups excluding carboxylic acids is 3.